The lowest BCUT2D eigenvalue weighted by molar-refractivity contribution is -0.127. The summed E-state index contributed by atoms with van der Waals surface area (Å²) in [7, 11) is 0. The third-order valence-electron chi connectivity index (χ3n) is 3.50. The molecule has 2 rings (SSSR count). The van der Waals surface area contributed by atoms with Crippen molar-refractivity contribution in [3.05, 3.63) is 34.2 Å². The van der Waals surface area contributed by atoms with Gasteiger partial charge in [-0.05, 0) is 18.4 Å². The van der Waals surface area contributed by atoms with Crippen molar-refractivity contribution in [2.75, 3.05) is 0 Å². The summed E-state index contributed by atoms with van der Waals surface area (Å²) in [5.74, 6) is -0.0894. The molecule has 0 aliphatic heterocycles. The minimum atomic E-state index is -0.708. The number of aromatic nitrogens is 1. The molecule has 5 heteroatoms. The summed E-state index contributed by atoms with van der Waals surface area (Å²) in [4.78, 5) is 25.5. The summed E-state index contributed by atoms with van der Waals surface area (Å²) < 4.78 is 0. The molecule has 0 radical (unpaired) electrons. The van der Waals surface area contributed by atoms with E-state index in [1.54, 1.807) is 12.3 Å². The molecule has 0 spiro atoms. The molecule has 0 unspecified atom stereocenters. The highest BCUT2D eigenvalue weighted by Crippen LogP contribution is 2.25. The number of hydrogen-bond acceptors (Lipinski definition) is 3. The van der Waals surface area contributed by atoms with Crippen LogP contribution in [0.4, 0.5) is 0 Å². The van der Waals surface area contributed by atoms with Crippen LogP contribution in [0.25, 0.3) is 0 Å². The highest BCUT2D eigenvalue weighted by molar-refractivity contribution is 5.86. The molecule has 0 saturated heterocycles. The van der Waals surface area contributed by atoms with Crippen LogP contribution in [-0.4, -0.2) is 16.4 Å². The van der Waals surface area contributed by atoms with Crippen LogP contribution in [0.2, 0.25) is 0 Å². The number of carbonyl (C=O) groups is 1. The van der Waals surface area contributed by atoms with Crippen molar-refractivity contribution in [1.29, 1.82) is 0 Å². The number of nitrogens with one attached hydrogen (secondary N) is 2. The van der Waals surface area contributed by atoms with E-state index in [0.717, 1.165) is 37.7 Å². The lowest BCUT2D eigenvalue weighted by Crippen LogP contribution is -2.54. The van der Waals surface area contributed by atoms with Crippen LogP contribution in [0.5, 0.6) is 0 Å². The molecule has 1 aliphatic carbocycles. The fraction of sp³-hybridized carbons (Fsp3) is 0.538. The van der Waals surface area contributed by atoms with Crippen LogP contribution >= 0.6 is 0 Å². The molecule has 1 heterocycles. The SMILES string of the molecule is NC1(C(=O)NCc2ccc(=O)[nH]c2)CCCCC1. The maximum atomic E-state index is 12.1. The van der Waals surface area contributed by atoms with Crippen molar-refractivity contribution in [2.45, 2.75) is 44.2 Å². The Bertz CT molecular complexity index is 455. The first-order chi connectivity index (χ1) is 8.60. The smallest absolute Gasteiger partial charge is 0.247 e. The number of amides is 1. The first-order valence-corrected chi connectivity index (χ1v) is 6.35. The van der Waals surface area contributed by atoms with Crippen molar-refractivity contribution >= 4 is 5.91 Å². The number of H-pyrrole nitrogens is 1. The van der Waals surface area contributed by atoms with Crippen LogP contribution < -0.4 is 16.6 Å². The second kappa shape index (κ2) is 5.35. The average Bonchev–Trinajstić information content (AvgIpc) is 2.38. The van der Waals surface area contributed by atoms with Gasteiger partial charge >= 0.3 is 0 Å². The molecule has 98 valence electrons. The van der Waals surface area contributed by atoms with Gasteiger partial charge in [0.1, 0.15) is 0 Å². The van der Waals surface area contributed by atoms with Crippen LogP contribution in [0.15, 0.2) is 23.1 Å². The third-order valence-corrected chi connectivity index (χ3v) is 3.50. The summed E-state index contributed by atoms with van der Waals surface area (Å²) in [6.07, 6.45) is 6.30. The van der Waals surface area contributed by atoms with Gasteiger partial charge in [-0.1, -0.05) is 25.3 Å². The summed E-state index contributed by atoms with van der Waals surface area (Å²) in [6, 6.07) is 3.14. The summed E-state index contributed by atoms with van der Waals surface area (Å²) in [5.41, 5.74) is 6.13. The van der Waals surface area contributed by atoms with Gasteiger partial charge in [-0.2, -0.15) is 0 Å². The van der Waals surface area contributed by atoms with E-state index in [1.807, 2.05) is 0 Å². The van der Waals surface area contributed by atoms with Gasteiger partial charge in [0, 0.05) is 18.8 Å². The Balaban J connectivity index is 1.91. The Hall–Kier alpha value is -1.62. The lowest BCUT2D eigenvalue weighted by Gasteiger charge is -2.31. The quantitative estimate of drug-likeness (QED) is 0.735. The minimum Gasteiger partial charge on any atom is -0.350 e. The first kappa shape index (κ1) is 12.8. The second-order valence-corrected chi connectivity index (χ2v) is 4.96. The van der Waals surface area contributed by atoms with E-state index in [9.17, 15) is 9.59 Å². The van der Waals surface area contributed by atoms with E-state index < -0.39 is 5.54 Å². The van der Waals surface area contributed by atoms with Crippen LogP contribution in [0, 0.1) is 0 Å². The van der Waals surface area contributed by atoms with E-state index in [0.29, 0.717) is 6.54 Å². The van der Waals surface area contributed by atoms with Crippen LogP contribution in [-0.2, 0) is 11.3 Å². The Kier molecular flexibility index (Phi) is 3.81. The molecule has 0 atom stereocenters. The highest BCUT2D eigenvalue weighted by Gasteiger charge is 2.34. The van der Waals surface area contributed by atoms with Crippen molar-refractivity contribution < 1.29 is 4.79 Å². The number of aromatic amines is 1. The molecule has 0 aromatic carbocycles. The fourth-order valence-corrected chi connectivity index (χ4v) is 2.32. The Labute approximate surface area is 106 Å². The van der Waals surface area contributed by atoms with Gasteiger partial charge < -0.3 is 16.0 Å². The Morgan fingerprint density at radius 1 is 1.33 bits per heavy atom. The molecule has 1 aromatic rings. The highest BCUT2D eigenvalue weighted by atomic mass is 16.2. The predicted molar refractivity (Wildman–Crippen MR) is 68.9 cm³/mol. The largest absolute Gasteiger partial charge is 0.350 e. The van der Waals surface area contributed by atoms with Crippen molar-refractivity contribution in [3.8, 4) is 0 Å². The van der Waals surface area contributed by atoms with E-state index in [-0.39, 0.29) is 11.5 Å². The molecular weight excluding hydrogens is 230 g/mol. The van der Waals surface area contributed by atoms with Gasteiger partial charge in [-0.15, -0.1) is 0 Å². The van der Waals surface area contributed by atoms with Gasteiger partial charge in [-0.3, -0.25) is 9.59 Å². The molecule has 18 heavy (non-hydrogen) atoms. The normalized spacial score (nSPS) is 18.3. The Morgan fingerprint density at radius 3 is 2.67 bits per heavy atom. The minimum absolute atomic E-state index is 0.0894. The third kappa shape index (κ3) is 2.98. The van der Waals surface area contributed by atoms with E-state index >= 15 is 0 Å². The molecule has 1 saturated carbocycles. The Morgan fingerprint density at radius 2 is 2.06 bits per heavy atom. The van der Waals surface area contributed by atoms with Gasteiger partial charge in [0.2, 0.25) is 11.5 Å². The maximum absolute atomic E-state index is 12.1. The van der Waals surface area contributed by atoms with Gasteiger partial charge in [0.05, 0.1) is 5.54 Å². The summed E-state index contributed by atoms with van der Waals surface area (Å²) >= 11 is 0. The topological polar surface area (TPSA) is 88.0 Å². The summed E-state index contributed by atoms with van der Waals surface area (Å²) in [6.45, 7) is 0.397. The first-order valence-electron chi connectivity index (χ1n) is 6.35. The zero-order chi connectivity index (χ0) is 13.0. The van der Waals surface area contributed by atoms with E-state index in [4.69, 9.17) is 5.73 Å². The van der Waals surface area contributed by atoms with Gasteiger partial charge in [0.25, 0.3) is 0 Å². The van der Waals surface area contributed by atoms with Gasteiger partial charge in [-0.25, -0.2) is 0 Å². The number of hydrogen-bond donors (Lipinski definition) is 3. The van der Waals surface area contributed by atoms with E-state index in [2.05, 4.69) is 10.3 Å². The molecule has 1 aliphatic rings. The molecular formula is C13H19N3O2. The molecule has 4 N–H and O–H groups in total. The van der Waals surface area contributed by atoms with Crippen LogP contribution in [0.1, 0.15) is 37.7 Å². The number of pyridine rings is 1. The number of carbonyl (C=O) groups excluding carboxylic acids is 1. The average molecular weight is 249 g/mol. The second-order valence-electron chi connectivity index (χ2n) is 4.96. The standard InChI is InChI=1S/C13H19N3O2/c14-13(6-2-1-3-7-13)12(18)16-9-10-4-5-11(17)15-8-10/h4-5,8H,1-3,6-7,9,14H2,(H,15,17)(H,16,18). The molecule has 0 bridgehead atoms. The molecule has 1 fully saturated rings. The summed E-state index contributed by atoms with van der Waals surface area (Å²) in [5, 5.41) is 2.84. The number of nitrogens with two attached hydrogens (primary N) is 1. The van der Waals surface area contributed by atoms with E-state index in [1.165, 1.54) is 6.07 Å². The zero-order valence-corrected chi connectivity index (χ0v) is 10.4. The van der Waals surface area contributed by atoms with Crippen molar-refractivity contribution in [3.63, 3.8) is 0 Å². The van der Waals surface area contributed by atoms with Crippen molar-refractivity contribution in [2.24, 2.45) is 5.73 Å². The lowest BCUT2D eigenvalue weighted by atomic mass is 9.82. The fourth-order valence-electron chi connectivity index (χ4n) is 2.32. The van der Waals surface area contributed by atoms with Crippen molar-refractivity contribution in [1.82, 2.24) is 10.3 Å². The monoisotopic (exact) mass is 249 g/mol. The van der Waals surface area contributed by atoms with Gasteiger partial charge in [0.15, 0.2) is 0 Å². The molecule has 1 amide bonds. The number of rotatable bonds is 3. The predicted octanol–water partition coefficient (Wildman–Crippen LogP) is 0.653. The zero-order valence-electron chi connectivity index (χ0n) is 10.4. The maximum Gasteiger partial charge on any atom is 0.247 e. The molecule has 1 aromatic heterocycles. The van der Waals surface area contributed by atoms with Crippen LogP contribution in [0.3, 0.4) is 0 Å². The molecule has 5 nitrogen and oxygen atoms in total.